The topological polar surface area (TPSA) is 84.2 Å². The van der Waals surface area contributed by atoms with Crippen LogP contribution in [0, 0.1) is 0 Å². The van der Waals surface area contributed by atoms with E-state index in [1.165, 1.54) is 0 Å². The number of rotatable bonds is 6. The number of nitrogens with one attached hydrogen (secondary N) is 2. The van der Waals surface area contributed by atoms with Gasteiger partial charge in [-0.05, 0) is 44.9 Å². The van der Waals surface area contributed by atoms with E-state index in [4.69, 9.17) is 5.73 Å². The molecular weight excluding hydrogens is 382 g/mol. The predicted molar refractivity (Wildman–Crippen MR) is 98.4 cm³/mol. The number of hydrogen-bond donors (Lipinski definition) is 3. The maximum Gasteiger partial charge on any atom is 0.245 e. The van der Waals surface area contributed by atoms with Gasteiger partial charge in [0.1, 0.15) is 11.6 Å². The van der Waals surface area contributed by atoms with Crippen LogP contribution in [0.4, 0.5) is 0 Å². The standard InChI is InChI=1S/C16H24BrN3O2.ClH/c1-5-10(2)19-14(21)11(3)20-15(22)16(4,18)12-6-8-13(17)9-7-12;/h6-11H,5,18H2,1-4H3,(H,19,21)(H,20,22);1H. The number of carbonyl (C=O) groups excluding carboxylic acids is 2. The van der Waals surface area contributed by atoms with Gasteiger partial charge in [-0.3, -0.25) is 9.59 Å². The molecule has 0 fully saturated rings. The van der Waals surface area contributed by atoms with Crippen LogP contribution in [0.15, 0.2) is 28.7 Å². The molecule has 1 aromatic carbocycles. The number of benzene rings is 1. The first-order valence-corrected chi connectivity index (χ1v) is 8.14. The highest BCUT2D eigenvalue weighted by Crippen LogP contribution is 2.20. The molecule has 7 heteroatoms. The van der Waals surface area contributed by atoms with Crippen LogP contribution in [-0.2, 0) is 15.1 Å². The maximum absolute atomic E-state index is 12.4. The summed E-state index contributed by atoms with van der Waals surface area (Å²) in [5.74, 6) is -0.601. The minimum atomic E-state index is -1.20. The van der Waals surface area contributed by atoms with Gasteiger partial charge in [-0.2, -0.15) is 0 Å². The molecule has 0 aliphatic rings. The van der Waals surface area contributed by atoms with Gasteiger partial charge in [-0.25, -0.2) is 0 Å². The first-order chi connectivity index (χ1) is 10.2. The fourth-order valence-electron chi connectivity index (χ4n) is 1.81. The van der Waals surface area contributed by atoms with Crippen molar-refractivity contribution in [1.82, 2.24) is 10.6 Å². The SMILES string of the molecule is CCC(C)NC(=O)C(C)NC(=O)C(C)(N)c1ccc(Br)cc1.Cl. The van der Waals surface area contributed by atoms with E-state index in [2.05, 4.69) is 26.6 Å². The van der Waals surface area contributed by atoms with Crippen LogP contribution in [0.5, 0.6) is 0 Å². The Morgan fingerprint density at radius 1 is 1.22 bits per heavy atom. The van der Waals surface area contributed by atoms with E-state index in [1.807, 2.05) is 26.0 Å². The molecule has 2 amide bonds. The lowest BCUT2D eigenvalue weighted by molar-refractivity contribution is -0.131. The fraction of sp³-hybridized carbons (Fsp3) is 0.500. The van der Waals surface area contributed by atoms with E-state index in [0.717, 1.165) is 10.9 Å². The van der Waals surface area contributed by atoms with Crippen molar-refractivity contribution in [2.45, 2.75) is 51.7 Å². The number of halogens is 2. The highest BCUT2D eigenvalue weighted by molar-refractivity contribution is 9.10. The highest BCUT2D eigenvalue weighted by atomic mass is 79.9. The van der Waals surface area contributed by atoms with Crippen LogP contribution in [0.25, 0.3) is 0 Å². The van der Waals surface area contributed by atoms with Gasteiger partial charge in [0, 0.05) is 10.5 Å². The van der Waals surface area contributed by atoms with E-state index in [9.17, 15) is 9.59 Å². The summed E-state index contributed by atoms with van der Waals surface area (Å²) in [5, 5.41) is 5.51. The van der Waals surface area contributed by atoms with Crippen molar-refractivity contribution >= 4 is 40.2 Å². The van der Waals surface area contributed by atoms with Gasteiger partial charge in [-0.1, -0.05) is 35.0 Å². The zero-order valence-electron chi connectivity index (χ0n) is 13.9. The monoisotopic (exact) mass is 405 g/mol. The Morgan fingerprint density at radius 2 is 1.74 bits per heavy atom. The molecule has 0 aromatic heterocycles. The molecule has 5 nitrogen and oxygen atoms in total. The Hall–Kier alpha value is -1.11. The van der Waals surface area contributed by atoms with Gasteiger partial charge < -0.3 is 16.4 Å². The largest absolute Gasteiger partial charge is 0.352 e. The molecule has 0 bridgehead atoms. The second-order valence-corrected chi connectivity index (χ2v) is 6.64. The molecule has 3 atom stereocenters. The minimum absolute atomic E-state index is 0. The second kappa shape index (κ2) is 9.25. The van der Waals surface area contributed by atoms with Gasteiger partial charge in [0.15, 0.2) is 0 Å². The van der Waals surface area contributed by atoms with E-state index in [0.29, 0.717) is 5.56 Å². The van der Waals surface area contributed by atoms with Crippen molar-refractivity contribution in [1.29, 1.82) is 0 Å². The van der Waals surface area contributed by atoms with Crippen LogP contribution in [-0.4, -0.2) is 23.9 Å². The maximum atomic E-state index is 12.4. The fourth-order valence-corrected chi connectivity index (χ4v) is 2.07. The predicted octanol–water partition coefficient (Wildman–Crippen LogP) is 2.46. The Balaban J connectivity index is 0.00000484. The lowest BCUT2D eigenvalue weighted by Crippen LogP contribution is -2.55. The molecule has 0 saturated carbocycles. The summed E-state index contributed by atoms with van der Waals surface area (Å²) < 4.78 is 0.911. The molecule has 0 aliphatic carbocycles. The molecule has 1 rings (SSSR count). The Morgan fingerprint density at radius 3 is 2.22 bits per heavy atom. The van der Waals surface area contributed by atoms with Crippen LogP contribution >= 0.6 is 28.3 Å². The average molecular weight is 407 g/mol. The molecule has 3 unspecified atom stereocenters. The van der Waals surface area contributed by atoms with Crippen LogP contribution in [0.1, 0.15) is 39.7 Å². The van der Waals surface area contributed by atoms with Crippen molar-refractivity contribution in [2.75, 3.05) is 0 Å². The molecule has 4 N–H and O–H groups in total. The molecule has 23 heavy (non-hydrogen) atoms. The lowest BCUT2D eigenvalue weighted by atomic mass is 9.92. The van der Waals surface area contributed by atoms with Gasteiger partial charge in [0.05, 0.1) is 0 Å². The minimum Gasteiger partial charge on any atom is -0.352 e. The van der Waals surface area contributed by atoms with E-state index in [1.54, 1.807) is 26.0 Å². The third kappa shape index (κ3) is 6.12. The average Bonchev–Trinajstić information content (AvgIpc) is 2.47. The first-order valence-electron chi connectivity index (χ1n) is 7.34. The van der Waals surface area contributed by atoms with E-state index < -0.39 is 11.6 Å². The van der Waals surface area contributed by atoms with Crippen LogP contribution < -0.4 is 16.4 Å². The third-order valence-electron chi connectivity index (χ3n) is 3.66. The summed E-state index contributed by atoms with van der Waals surface area (Å²) in [6, 6.07) is 6.66. The molecule has 0 spiro atoms. The Labute approximate surface area is 152 Å². The lowest BCUT2D eigenvalue weighted by Gasteiger charge is -2.26. The number of nitrogens with two attached hydrogens (primary N) is 1. The quantitative estimate of drug-likeness (QED) is 0.678. The molecule has 0 saturated heterocycles. The Kier molecular flexibility index (Phi) is 8.80. The summed E-state index contributed by atoms with van der Waals surface area (Å²) in [5.41, 5.74) is 5.63. The summed E-state index contributed by atoms with van der Waals surface area (Å²) in [6.07, 6.45) is 0.833. The van der Waals surface area contributed by atoms with Gasteiger partial charge in [0.25, 0.3) is 0 Å². The van der Waals surface area contributed by atoms with Gasteiger partial charge in [-0.15, -0.1) is 12.4 Å². The normalized spacial score (nSPS) is 15.6. The van der Waals surface area contributed by atoms with Crippen molar-refractivity contribution in [3.8, 4) is 0 Å². The smallest absolute Gasteiger partial charge is 0.245 e. The zero-order valence-corrected chi connectivity index (χ0v) is 16.3. The number of hydrogen-bond acceptors (Lipinski definition) is 3. The summed E-state index contributed by atoms with van der Waals surface area (Å²) in [4.78, 5) is 24.4. The second-order valence-electron chi connectivity index (χ2n) is 5.72. The van der Waals surface area contributed by atoms with E-state index >= 15 is 0 Å². The summed E-state index contributed by atoms with van der Waals surface area (Å²) in [7, 11) is 0. The summed E-state index contributed by atoms with van der Waals surface area (Å²) in [6.45, 7) is 7.18. The molecule has 0 radical (unpaired) electrons. The molecule has 0 aliphatic heterocycles. The van der Waals surface area contributed by atoms with Crippen molar-refractivity contribution < 1.29 is 9.59 Å². The number of amides is 2. The number of carbonyl (C=O) groups is 2. The highest BCUT2D eigenvalue weighted by Gasteiger charge is 2.32. The summed E-state index contributed by atoms with van der Waals surface area (Å²) >= 11 is 3.34. The molecular formula is C16H25BrClN3O2. The van der Waals surface area contributed by atoms with Crippen molar-refractivity contribution in [3.05, 3.63) is 34.3 Å². The van der Waals surface area contributed by atoms with Crippen LogP contribution in [0.2, 0.25) is 0 Å². The zero-order chi connectivity index (χ0) is 16.9. The Bertz CT molecular complexity index is 535. The molecule has 1 aromatic rings. The molecule has 0 heterocycles. The van der Waals surface area contributed by atoms with Crippen molar-refractivity contribution in [3.63, 3.8) is 0 Å². The van der Waals surface area contributed by atoms with Crippen LogP contribution in [0.3, 0.4) is 0 Å². The van der Waals surface area contributed by atoms with Crippen molar-refractivity contribution in [2.24, 2.45) is 5.73 Å². The van der Waals surface area contributed by atoms with Gasteiger partial charge in [0.2, 0.25) is 11.8 Å². The van der Waals surface area contributed by atoms with Gasteiger partial charge >= 0.3 is 0 Å². The third-order valence-corrected chi connectivity index (χ3v) is 4.19. The molecule has 130 valence electrons. The first kappa shape index (κ1) is 21.9. The van der Waals surface area contributed by atoms with E-state index in [-0.39, 0.29) is 30.3 Å².